The van der Waals surface area contributed by atoms with E-state index in [1.165, 1.54) is 0 Å². The number of carbonyl (C=O) groups excluding carboxylic acids is 2. The number of rotatable bonds is 6. The number of amides is 3. The van der Waals surface area contributed by atoms with Gasteiger partial charge in [0.1, 0.15) is 11.5 Å². The number of fused-ring (bicyclic) bond motifs is 1. The van der Waals surface area contributed by atoms with Crippen molar-refractivity contribution in [1.29, 1.82) is 0 Å². The SMILES string of the molecule is COc1ccc(OC)c(NC(=O)N2CCC(C)(C(=O)NCc3ccc4c(c3)OCO4)CC2)c1. The van der Waals surface area contributed by atoms with E-state index in [1.54, 1.807) is 37.3 Å². The smallest absolute Gasteiger partial charge is 0.321 e. The maximum absolute atomic E-state index is 12.9. The fraction of sp³-hybridized carbons (Fsp3) is 0.417. The first kappa shape index (κ1) is 22.6. The first-order valence-corrected chi connectivity index (χ1v) is 10.9. The lowest BCUT2D eigenvalue weighted by molar-refractivity contribution is -0.132. The van der Waals surface area contributed by atoms with E-state index in [-0.39, 0.29) is 18.7 Å². The van der Waals surface area contributed by atoms with Gasteiger partial charge in [0, 0.05) is 31.1 Å². The maximum atomic E-state index is 12.9. The molecule has 0 spiro atoms. The van der Waals surface area contributed by atoms with Crippen molar-refractivity contribution in [3.63, 3.8) is 0 Å². The average Bonchev–Trinajstić information content (AvgIpc) is 3.30. The number of nitrogens with zero attached hydrogens (tertiary/aromatic N) is 1. The number of ether oxygens (including phenoxy) is 4. The van der Waals surface area contributed by atoms with Crippen LogP contribution in [0.2, 0.25) is 0 Å². The van der Waals surface area contributed by atoms with E-state index in [0.29, 0.717) is 61.2 Å². The third kappa shape index (κ3) is 4.92. The fourth-order valence-corrected chi connectivity index (χ4v) is 3.98. The lowest BCUT2D eigenvalue weighted by atomic mass is 9.79. The molecule has 2 aromatic carbocycles. The van der Waals surface area contributed by atoms with Crippen LogP contribution in [-0.2, 0) is 11.3 Å². The second-order valence-corrected chi connectivity index (χ2v) is 8.41. The molecule has 3 amide bonds. The number of hydrogen-bond donors (Lipinski definition) is 2. The van der Waals surface area contributed by atoms with Gasteiger partial charge in [0.15, 0.2) is 11.5 Å². The molecule has 33 heavy (non-hydrogen) atoms. The molecule has 1 saturated heterocycles. The molecule has 0 unspecified atom stereocenters. The zero-order chi connectivity index (χ0) is 23.4. The van der Waals surface area contributed by atoms with E-state index in [0.717, 1.165) is 5.56 Å². The van der Waals surface area contributed by atoms with Crippen LogP contribution in [0.1, 0.15) is 25.3 Å². The Balaban J connectivity index is 1.31. The van der Waals surface area contributed by atoms with E-state index in [4.69, 9.17) is 18.9 Å². The minimum Gasteiger partial charge on any atom is -0.497 e. The van der Waals surface area contributed by atoms with Gasteiger partial charge < -0.3 is 34.5 Å². The second-order valence-electron chi connectivity index (χ2n) is 8.41. The van der Waals surface area contributed by atoms with Gasteiger partial charge in [0.25, 0.3) is 0 Å². The summed E-state index contributed by atoms with van der Waals surface area (Å²) in [5.41, 5.74) is 0.942. The molecule has 0 saturated carbocycles. The Morgan fingerprint density at radius 3 is 2.52 bits per heavy atom. The number of benzene rings is 2. The standard InChI is InChI=1S/C24H29N3O6/c1-24(22(28)25-14-16-4-6-20-21(12-16)33-15-32-20)8-10-27(11-9-24)23(29)26-18-13-17(30-2)5-7-19(18)31-3/h4-7,12-13H,8-11,14-15H2,1-3H3,(H,25,28)(H,26,29). The third-order valence-electron chi connectivity index (χ3n) is 6.24. The van der Waals surface area contributed by atoms with E-state index < -0.39 is 5.41 Å². The Hall–Kier alpha value is -3.62. The zero-order valence-electron chi connectivity index (χ0n) is 19.1. The van der Waals surface area contributed by atoms with Crippen LogP contribution in [0.25, 0.3) is 0 Å². The highest BCUT2D eigenvalue weighted by Crippen LogP contribution is 2.34. The summed E-state index contributed by atoms with van der Waals surface area (Å²) in [6.07, 6.45) is 1.14. The number of methoxy groups -OCH3 is 2. The summed E-state index contributed by atoms with van der Waals surface area (Å²) in [6, 6.07) is 10.6. The van der Waals surface area contributed by atoms with E-state index in [2.05, 4.69) is 10.6 Å². The monoisotopic (exact) mass is 455 g/mol. The normalized spacial score (nSPS) is 16.2. The molecule has 0 radical (unpaired) electrons. The van der Waals surface area contributed by atoms with Crippen LogP contribution in [0.3, 0.4) is 0 Å². The highest BCUT2D eigenvalue weighted by molar-refractivity contribution is 5.91. The summed E-state index contributed by atoms with van der Waals surface area (Å²) in [5, 5.41) is 5.92. The zero-order valence-corrected chi connectivity index (χ0v) is 19.1. The van der Waals surface area contributed by atoms with Gasteiger partial charge in [0.05, 0.1) is 19.9 Å². The number of likely N-dealkylation sites (tertiary alicyclic amines) is 1. The van der Waals surface area contributed by atoms with Gasteiger partial charge in [-0.15, -0.1) is 0 Å². The van der Waals surface area contributed by atoms with Gasteiger partial charge in [-0.25, -0.2) is 4.79 Å². The minimum absolute atomic E-state index is 0.0188. The van der Waals surface area contributed by atoms with Gasteiger partial charge in [-0.1, -0.05) is 13.0 Å². The molecule has 2 aromatic rings. The molecule has 0 aromatic heterocycles. The van der Waals surface area contributed by atoms with Crippen molar-refractivity contribution in [3.8, 4) is 23.0 Å². The summed E-state index contributed by atoms with van der Waals surface area (Å²) in [7, 11) is 3.11. The Morgan fingerprint density at radius 1 is 1.03 bits per heavy atom. The van der Waals surface area contributed by atoms with Crippen LogP contribution in [0.15, 0.2) is 36.4 Å². The molecule has 176 valence electrons. The number of urea groups is 1. The molecule has 9 nitrogen and oxygen atoms in total. The lowest BCUT2D eigenvalue weighted by Crippen LogP contribution is -2.49. The molecular formula is C24H29N3O6. The highest BCUT2D eigenvalue weighted by atomic mass is 16.7. The van der Waals surface area contributed by atoms with Gasteiger partial charge in [-0.3, -0.25) is 4.79 Å². The Morgan fingerprint density at radius 2 is 1.79 bits per heavy atom. The van der Waals surface area contributed by atoms with Crippen molar-refractivity contribution >= 4 is 17.6 Å². The molecule has 4 rings (SSSR count). The van der Waals surface area contributed by atoms with Crippen molar-refractivity contribution < 1.29 is 28.5 Å². The minimum atomic E-state index is -0.541. The third-order valence-corrected chi connectivity index (χ3v) is 6.24. The van der Waals surface area contributed by atoms with Gasteiger partial charge in [-0.05, 0) is 42.7 Å². The summed E-state index contributed by atoms with van der Waals surface area (Å²) >= 11 is 0. The molecule has 2 aliphatic heterocycles. The predicted molar refractivity (Wildman–Crippen MR) is 122 cm³/mol. The number of hydrogen-bond acceptors (Lipinski definition) is 6. The van der Waals surface area contributed by atoms with Gasteiger partial charge >= 0.3 is 6.03 Å². The average molecular weight is 456 g/mol. The molecule has 2 aliphatic rings. The second kappa shape index (κ2) is 9.48. The van der Waals surface area contributed by atoms with E-state index >= 15 is 0 Å². The van der Waals surface area contributed by atoms with Crippen molar-refractivity contribution in [1.82, 2.24) is 10.2 Å². The first-order valence-electron chi connectivity index (χ1n) is 10.9. The quantitative estimate of drug-likeness (QED) is 0.693. The first-order chi connectivity index (χ1) is 15.9. The van der Waals surface area contributed by atoms with Crippen molar-refractivity contribution in [2.45, 2.75) is 26.3 Å². The summed E-state index contributed by atoms with van der Waals surface area (Å²) in [6.45, 7) is 3.53. The topological polar surface area (TPSA) is 98.4 Å². The molecule has 9 heteroatoms. The van der Waals surface area contributed by atoms with Crippen LogP contribution >= 0.6 is 0 Å². The molecular weight excluding hydrogens is 426 g/mol. The molecule has 2 heterocycles. The highest BCUT2D eigenvalue weighted by Gasteiger charge is 2.38. The number of nitrogens with one attached hydrogen (secondary N) is 2. The van der Waals surface area contributed by atoms with Crippen LogP contribution in [0, 0.1) is 5.41 Å². The number of carbonyl (C=O) groups is 2. The van der Waals surface area contributed by atoms with Crippen LogP contribution in [0.4, 0.5) is 10.5 Å². The fourth-order valence-electron chi connectivity index (χ4n) is 3.98. The molecule has 2 N–H and O–H groups in total. The summed E-state index contributed by atoms with van der Waals surface area (Å²) in [5.74, 6) is 2.56. The van der Waals surface area contributed by atoms with Crippen molar-refractivity contribution in [3.05, 3.63) is 42.0 Å². The molecule has 0 aliphatic carbocycles. The molecule has 0 bridgehead atoms. The van der Waals surface area contributed by atoms with E-state index in [9.17, 15) is 9.59 Å². The lowest BCUT2D eigenvalue weighted by Gasteiger charge is -2.38. The van der Waals surface area contributed by atoms with Crippen molar-refractivity contribution in [2.24, 2.45) is 5.41 Å². The van der Waals surface area contributed by atoms with Crippen LogP contribution in [-0.4, -0.2) is 50.9 Å². The largest absolute Gasteiger partial charge is 0.497 e. The van der Waals surface area contributed by atoms with Gasteiger partial charge in [0.2, 0.25) is 12.7 Å². The van der Waals surface area contributed by atoms with Crippen LogP contribution in [0.5, 0.6) is 23.0 Å². The Labute approximate surface area is 192 Å². The number of piperidine rings is 1. The Bertz CT molecular complexity index is 1030. The summed E-state index contributed by atoms with van der Waals surface area (Å²) < 4.78 is 21.3. The summed E-state index contributed by atoms with van der Waals surface area (Å²) in [4.78, 5) is 27.5. The van der Waals surface area contributed by atoms with Crippen molar-refractivity contribution in [2.75, 3.05) is 39.4 Å². The number of anilines is 1. The van der Waals surface area contributed by atoms with Gasteiger partial charge in [-0.2, -0.15) is 0 Å². The maximum Gasteiger partial charge on any atom is 0.321 e. The van der Waals surface area contributed by atoms with Crippen LogP contribution < -0.4 is 29.6 Å². The molecule has 1 fully saturated rings. The van der Waals surface area contributed by atoms with E-state index in [1.807, 2.05) is 25.1 Å². The Kier molecular flexibility index (Phi) is 6.48. The molecule has 0 atom stereocenters. The predicted octanol–water partition coefficient (Wildman–Crippen LogP) is 3.38.